The van der Waals surface area contributed by atoms with Crippen LogP contribution in [0.1, 0.15) is 6.42 Å². The second-order valence-electron chi connectivity index (χ2n) is 3.19. The number of carbonyl (C=O) groups is 1. The monoisotopic (exact) mass is 168 g/mol. The lowest BCUT2D eigenvalue weighted by Gasteiger charge is -2.37. The van der Waals surface area contributed by atoms with Crippen LogP contribution in [0.25, 0.3) is 0 Å². The molecule has 0 aromatic heterocycles. The van der Waals surface area contributed by atoms with Crippen LogP contribution in [0.4, 0.5) is 4.39 Å². The van der Waals surface area contributed by atoms with Gasteiger partial charge in [0.25, 0.3) is 0 Å². The van der Waals surface area contributed by atoms with E-state index in [1.54, 1.807) is 0 Å². The minimum Gasteiger partial charge on any atom is -0.325 e. The SMILES string of the molecule is NC1C2CC1C(F)=CC(C=O)=N2. The van der Waals surface area contributed by atoms with E-state index in [9.17, 15) is 9.18 Å². The van der Waals surface area contributed by atoms with E-state index in [0.29, 0.717) is 12.7 Å². The Balaban J connectivity index is 2.34. The maximum absolute atomic E-state index is 13.1. The summed E-state index contributed by atoms with van der Waals surface area (Å²) in [6, 6.07) is -0.293. The van der Waals surface area contributed by atoms with Crippen LogP contribution in [0.15, 0.2) is 16.9 Å². The predicted octanol–water partition coefficient (Wildman–Crippen LogP) is 0.209. The first-order chi connectivity index (χ1) is 5.72. The molecule has 3 aliphatic rings. The van der Waals surface area contributed by atoms with Crippen LogP contribution < -0.4 is 5.73 Å². The first-order valence-electron chi connectivity index (χ1n) is 3.88. The molecule has 0 radical (unpaired) electrons. The Hall–Kier alpha value is -1.03. The normalized spacial score (nSPS) is 39.0. The number of hydrogen-bond acceptors (Lipinski definition) is 3. The number of fused-ring (bicyclic) bond motifs is 1. The highest BCUT2D eigenvalue weighted by Gasteiger charge is 2.42. The summed E-state index contributed by atoms with van der Waals surface area (Å²) in [5, 5.41) is 0. The van der Waals surface area contributed by atoms with Gasteiger partial charge in [-0.3, -0.25) is 9.79 Å². The van der Waals surface area contributed by atoms with Gasteiger partial charge >= 0.3 is 0 Å². The van der Waals surface area contributed by atoms with E-state index < -0.39 is 0 Å². The molecule has 0 saturated heterocycles. The molecule has 0 aromatic carbocycles. The summed E-state index contributed by atoms with van der Waals surface area (Å²) in [6.45, 7) is 0. The molecule has 1 aliphatic carbocycles. The molecule has 2 aliphatic heterocycles. The van der Waals surface area contributed by atoms with Crippen LogP contribution in [0.5, 0.6) is 0 Å². The summed E-state index contributed by atoms with van der Waals surface area (Å²) in [5.41, 5.74) is 5.81. The number of aldehydes is 1. The van der Waals surface area contributed by atoms with Crippen molar-refractivity contribution in [1.82, 2.24) is 0 Å². The number of carbonyl (C=O) groups excluding carboxylic acids is 1. The highest BCUT2D eigenvalue weighted by molar-refractivity contribution is 6.34. The maximum atomic E-state index is 13.1. The third-order valence-electron chi connectivity index (χ3n) is 2.48. The van der Waals surface area contributed by atoms with Crippen molar-refractivity contribution in [2.45, 2.75) is 18.5 Å². The zero-order chi connectivity index (χ0) is 8.72. The number of nitrogens with two attached hydrogens (primary N) is 1. The molecule has 2 bridgehead atoms. The van der Waals surface area contributed by atoms with Crippen LogP contribution >= 0.6 is 0 Å². The molecule has 2 heterocycles. The van der Waals surface area contributed by atoms with Crippen molar-refractivity contribution in [3.05, 3.63) is 11.9 Å². The van der Waals surface area contributed by atoms with Crippen molar-refractivity contribution >= 4 is 12.0 Å². The number of hydrogen-bond donors (Lipinski definition) is 1. The molecule has 3 rings (SSSR count). The van der Waals surface area contributed by atoms with E-state index in [1.165, 1.54) is 6.08 Å². The van der Waals surface area contributed by atoms with Gasteiger partial charge in [-0.2, -0.15) is 0 Å². The summed E-state index contributed by atoms with van der Waals surface area (Å²) < 4.78 is 13.1. The Labute approximate surface area is 69.2 Å². The zero-order valence-electron chi connectivity index (χ0n) is 6.40. The minimum absolute atomic E-state index is 0.0558. The molecule has 0 amide bonds. The van der Waals surface area contributed by atoms with E-state index in [0.717, 1.165) is 0 Å². The first kappa shape index (κ1) is 7.61. The van der Waals surface area contributed by atoms with Crippen LogP contribution in [0, 0.1) is 5.92 Å². The van der Waals surface area contributed by atoms with Crippen molar-refractivity contribution in [3.8, 4) is 0 Å². The van der Waals surface area contributed by atoms with Gasteiger partial charge in [-0.25, -0.2) is 4.39 Å². The predicted molar refractivity (Wildman–Crippen MR) is 42.6 cm³/mol. The van der Waals surface area contributed by atoms with Crippen LogP contribution in [-0.4, -0.2) is 24.1 Å². The van der Waals surface area contributed by atoms with E-state index in [4.69, 9.17) is 5.73 Å². The van der Waals surface area contributed by atoms with Gasteiger partial charge in [0.2, 0.25) is 0 Å². The molecule has 3 unspecified atom stereocenters. The number of aliphatic imine (C=N–C) groups is 1. The molecular formula is C8H9FN2O. The van der Waals surface area contributed by atoms with Gasteiger partial charge in [-0.15, -0.1) is 0 Å². The maximum Gasteiger partial charge on any atom is 0.168 e. The standard InChI is InChI=1S/C8H9FN2O/c9-6-1-4(3-12)11-7-2-5(6)8(7)10/h1,3,5,7-8H,2,10H2. The van der Waals surface area contributed by atoms with Crippen LogP contribution in [-0.2, 0) is 4.79 Å². The highest BCUT2D eigenvalue weighted by atomic mass is 19.1. The second kappa shape index (κ2) is 2.48. The molecule has 3 atom stereocenters. The summed E-state index contributed by atoms with van der Waals surface area (Å²) in [7, 11) is 0. The summed E-state index contributed by atoms with van der Waals surface area (Å²) in [6.07, 6.45) is 2.39. The molecule has 1 fully saturated rings. The molecule has 4 heteroatoms. The number of nitrogens with zero attached hydrogens (tertiary/aromatic N) is 1. The zero-order valence-corrected chi connectivity index (χ0v) is 6.40. The van der Waals surface area contributed by atoms with Gasteiger partial charge in [-0.05, 0) is 12.5 Å². The Bertz CT molecular complexity index is 285. The van der Waals surface area contributed by atoms with E-state index in [-0.39, 0.29) is 29.5 Å². The number of rotatable bonds is 1. The summed E-state index contributed by atoms with van der Waals surface area (Å²) >= 11 is 0. The fourth-order valence-corrected chi connectivity index (χ4v) is 1.62. The van der Waals surface area contributed by atoms with Crippen LogP contribution in [0.3, 0.4) is 0 Å². The van der Waals surface area contributed by atoms with Crippen LogP contribution in [0.2, 0.25) is 0 Å². The first-order valence-corrected chi connectivity index (χ1v) is 3.88. The lowest BCUT2D eigenvalue weighted by molar-refractivity contribution is -0.102. The Morgan fingerprint density at radius 3 is 3.08 bits per heavy atom. The molecule has 64 valence electrons. The molecule has 3 nitrogen and oxygen atoms in total. The van der Waals surface area contributed by atoms with Crippen molar-refractivity contribution in [1.29, 1.82) is 0 Å². The highest BCUT2D eigenvalue weighted by Crippen LogP contribution is 2.37. The summed E-state index contributed by atoms with van der Waals surface area (Å²) in [4.78, 5) is 14.3. The second-order valence-corrected chi connectivity index (χ2v) is 3.19. The smallest absolute Gasteiger partial charge is 0.168 e. The van der Waals surface area contributed by atoms with Gasteiger partial charge in [0.1, 0.15) is 11.5 Å². The van der Waals surface area contributed by atoms with Crippen molar-refractivity contribution < 1.29 is 9.18 Å². The third kappa shape index (κ3) is 0.914. The number of allylic oxidation sites excluding steroid dienone is 1. The quantitative estimate of drug-likeness (QED) is 0.569. The largest absolute Gasteiger partial charge is 0.325 e. The fraction of sp³-hybridized carbons (Fsp3) is 0.500. The Morgan fingerprint density at radius 2 is 2.50 bits per heavy atom. The fourth-order valence-electron chi connectivity index (χ4n) is 1.62. The van der Waals surface area contributed by atoms with Gasteiger partial charge in [-0.1, -0.05) is 0 Å². The molecule has 1 saturated carbocycles. The van der Waals surface area contributed by atoms with Gasteiger partial charge in [0.15, 0.2) is 6.29 Å². The van der Waals surface area contributed by atoms with E-state index in [1.807, 2.05) is 0 Å². The van der Waals surface area contributed by atoms with Gasteiger partial charge < -0.3 is 5.73 Å². The van der Waals surface area contributed by atoms with Gasteiger partial charge in [0, 0.05) is 12.0 Å². The molecular weight excluding hydrogens is 159 g/mol. The van der Waals surface area contributed by atoms with Gasteiger partial charge in [0.05, 0.1) is 6.04 Å². The van der Waals surface area contributed by atoms with Crippen molar-refractivity contribution in [2.24, 2.45) is 16.6 Å². The molecule has 2 N–H and O–H groups in total. The molecule has 12 heavy (non-hydrogen) atoms. The lowest BCUT2D eigenvalue weighted by Crippen LogP contribution is -2.51. The molecule has 0 spiro atoms. The number of halogens is 1. The average molecular weight is 168 g/mol. The average Bonchev–Trinajstić information content (AvgIpc) is 2.29. The van der Waals surface area contributed by atoms with E-state index >= 15 is 0 Å². The lowest BCUT2D eigenvalue weighted by atomic mass is 9.75. The Kier molecular flexibility index (Phi) is 1.58. The van der Waals surface area contributed by atoms with Crippen molar-refractivity contribution in [3.63, 3.8) is 0 Å². The third-order valence-corrected chi connectivity index (χ3v) is 2.48. The Morgan fingerprint density at radius 1 is 1.75 bits per heavy atom. The van der Waals surface area contributed by atoms with Crippen molar-refractivity contribution in [2.75, 3.05) is 0 Å². The van der Waals surface area contributed by atoms with E-state index in [2.05, 4.69) is 4.99 Å². The minimum atomic E-state index is -0.304. The summed E-state index contributed by atoms with van der Waals surface area (Å²) in [5.74, 6) is -0.515. The topological polar surface area (TPSA) is 55.5 Å². The molecule has 0 aromatic rings.